The van der Waals surface area contributed by atoms with Gasteiger partial charge in [-0.2, -0.15) is 0 Å². The summed E-state index contributed by atoms with van der Waals surface area (Å²) in [6, 6.07) is -0.375. The van der Waals surface area contributed by atoms with Gasteiger partial charge in [-0.15, -0.1) is 0 Å². The predicted molar refractivity (Wildman–Crippen MR) is 58.4 cm³/mol. The SMILES string of the molecule is CN(C)CC(C)(O)CN1CCC(N)C1=O. The van der Waals surface area contributed by atoms with Gasteiger partial charge in [-0.05, 0) is 27.4 Å². The van der Waals surface area contributed by atoms with Gasteiger partial charge in [-0.25, -0.2) is 0 Å². The lowest BCUT2D eigenvalue weighted by Gasteiger charge is -2.31. The van der Waals surface area contributed by atoms with Crippen LogP contribution in [0.4, 0.5) is 0 Å². The van der Waals surface area contributed by atoms with Gasteiger partial charge in [0, 0.05) is 13.1 Å². The van der Waals surface area contributed by atoms with E-state index in [-0.39, 0.29) is 11.9 Å². The summed E-state index contributed by atoms with van der Waals surface area (Å²) >= 11 is 0. The van der Waals surface area contributed by atoms with Crippen LogP contribution in [0.5, 0.6) is 0 Å². The monoisotopic (exact) mass is 215 g/mol. The number of likely N-dealkylation sites (N-methyl/N-ethyl adjacent to an activating group) is 1. The zero-order chi connectivity index (χ0) is 11.6. The molecular formula is C10H21N3O2. The summed E-state index contributed by atoms with van der Waals surface area (Å²) in [5.41, 5.74) is 4.73. The second kappa shape index (κ2) is 4.47. The number of hydrogen-bond donors (Lipinski definition) is 2. The second-order valence-corrected chi connectivity index (χ2v) is 4.89. The summed E-state index contributed by atoms with van der Waals surface area (Å²) in [5, 5.41) is 10.1. The molecule has 88 valence electrons. The topological polar surface area (TPSA) is 69.8 Å². The minimum Gasteiger partial charge on any atom is -0.387 e. The van der Waals surface area contributed by atoms with Gasteiger partial charge < -0.3 is 20.6 Å². The fourth-order valence-electron chi connectivity index (χ4n) is 2.06. The Morgan fingerprint density at radius 1 is 1.67 bits per heavy atom. The Kier molecular flexibility index (Phi) is 3.70. The number of rotatable bonds is 4. The first-order valence-corrected chi connectivity index (χ1v) is 5.23. The maximum Gasteiger partial charge on any atom is 0.239 e. The first kappa shape index (κ1) is 12.4. The van der Waals surface area contributed by atoms with Crippen LogP contribution in [-0.4, -0.2) is 66.2 Å². The van der Waals surface area contributed by atoms with Gasteiger partial charge in [-0.1, -0.05) is 0 Å². The molecule has 1 fully saturated rings. The molecule has 5 heteroatoms. The highest BCUT2D eigenvalue weighted by molar-refractivity contribution is 5.83. The van der Waals surface area contributed by atoms with Crippen molar-refractivity contribution in [1.82, 2.24) is 9.80 Å². The summed E-state index contributed by atoms with van der Waals surface area (Å²) in [6.07, 6.45) is 0.691. The number of nitrogens with zero attached hydrogens (tertiary/aromatic N) is 2. The lowest BCUT2D eigenvalue weighted by Crippen LogP contribution is -2.48. The Bertz CT molecular complexity index is 241. The number of hydrogen-bond acceptors (Lipinski definition) is 4. The lowest BCUT2D eigenvalue weighted by molar-refractivity contribution is -0.131. The molecule has 0 aromatic carbocycles. The average Bonchev–Trinajstić information content (AvgIpc) is 2.33. The molecule has 1 saturated heterocycles. The molecule has 0 saturated carbocycles. The van der Waals surface area contributed by atoms with E-state index < -0.39 is 5.60 Å². The molecule has 1 aliphatic heterocycles. The van der Waals surface area contributed by atoms with Crippen LogP contribution in [0.1, 0.15) is 13.3 Å². The molecule has 3 N–H and O–H groups in total. The molecule has 15 heavy (non-hydrogen) atoms. The molecule has 2 atom stereocenters. The number of β-amino-alcohol motifs (C(OH)–C–C–N with tert-alkyl or cyclic N) is 1. The summed E-state index contributed by atoms with van der Waals surface area (Å²) in [7, 11) is 3.79. The number of carbonyl (C=O) groups excluding carboxylic acids is 1. The lowest BCUT2D eigenvalue weighted by atomic mass is 10.1. The van der Waals surface area contributed by atoms with Crippen LogP contribution < -0.4 is 5.73 Å². The number of amides is 1. The van der Waals surface area contributed by atoms with E-state index in [1.54, 1.807) is 11.8 Å². The average molecular weight is 215 g/mol. The third-order valence-corrected chi connectivity index (χ3v) is 2.53. The van der Waals surface area contributed by atoms with Crippen molar-refractivity contribution in [1.29, 1.82) is 0 Å². The molecule has 0 aliphatic carbocycles. The Hall–Kier alpha value is -0.650. The van der Waals surface area contributed by atoms with E-state index in [1.807, 2.05) is 19.0 Å². The van der Waals surface area contributed by atoms with Crippen molar-refractivity contribution < 1.29 is 9.90 Å². The van der Waals surface area contributed by atoms with E-state index in [0.717, 1.165) is 0 Å². The predicted octanol–water partition coefficient (Wildman–Crippen LogP) is -1.14. The van der Waals surface area contributed by atoms with Gasteiger partial charge in [0.05, 0.1) is 18.2 Å². The number of carbonyl (C=O) groups is 1. The summed E-state index contributed by atoms with van der Waals surface area (Å²) in [4.78, 5) is 15.1. The zero-order valence-corrected chi connectivity index (χ0v) is 9.73. The summed E-state index contributed by atoms with van der Waals surface area (Å²) < 4.78 is 0. The zero-order valence-electron chi connectivity index (χ0n) is 9.73. The number of aliphatic hydroxyl groups is 1. The van der Waals surface area contributed by atoms with Gasteiger partial charge in [0.2, 0.25) is 5.91 Å². The maximum absolute atomic E-state index is 11.5. The standard InChI is InChI=1S/C10H21N3O2/c1-10(15,6-12(2)3)7-13-5-4-8(11)9(13)14/h8,15H,4-7,11H2,1-3H3. The van der Waals surface area contributed by atoms with E-state index in [1.165, 1.54) is 0 Å². The van der Waals surface area contributed by atoms with Gasteiger partial charge >= 0.3 is 0 Å². The van der Waals surface area contributed by atoms with Crippen molar-refractivity contribution in [3.05, 3.63) is 0 Å². The Morgan fingerprint density at radius 3 is 2.67 bits per heavy atom. The third-order valence-electron chi connectivity index (χ3n) is 2.53. The van der Waals surface area contributed by atoms with Crippen molar-refractivity contribution >= 4 is 5.91 Å². The van der Waals surface area contributed by atoms with E-state index in [4.69, 9.17) is 5.73 Å². The Labute approximate surface area is 90.8 Å². The van der Waals surface area contributed by atoms with Crippen LogP contribution in [0.15, 0.2) is 0 Å². The van der Waals surface area contributed by atoms with Gasteiger partial charge in [0.1, 0.15) is 0 Å². The van der Waals surface area contributed by atoms with E-state index >= 15 is 0 Å². The van der Waals surface area contributed by atoms with Crippen LogP contribution in [0.25, 0.3) is 0 Å². The molecule has 1 heterocycles. The van der Waals surface area contributed by atoms with Crippen LogP contribution in [-0.2, 0) is 4.79 Å². The van der Waals surface area contributed by atoms with Crippen molar-refractivity contribution in [3.63, 3.8) is 0 Å². The molecule has 1 amide bonds. The number of likely N-dealkylation sites (tertiary alicyclic amines) is 1. The van der Waals surface area contributed by atoms with Gasteiger partial charge in [0.25, 0.3) is 0 Å². The molecule has 1 rings (SSSR count). The normalized spacial score (nSPS) is 26.1. The summed E-state index contributed by atoms with van der Waals surface area (Å²) in [5.74, 6) is -0.0472. The molecule has 0 aromatic heterocycles. The van der Waals surface area contributed by atoms with Gasteiger partial charge in [-0.3, -0.25) is 4.79 Å². The van der Waals surface area contributed by atoms with Crippen molar-refractivity contribution in [2.75, 3.05) is 33.7 Å². The van der Waals surface area contributed by atoms with Crippen molar-refractivity contribution in [3.8, 4) is 0 Å². The van der Waals surface area contributed by atoms with Gasteiger partial charge in [0.15, 0.2) is 0 Å². The maximum atomic E-state index is 11.5. The van der Waals surface area contributed by atoms with E-state index in [9.17, 15) is 9.90 Å². The van der Waals surface area contributed by atoms with E-state index in [2.05, 4.69) is 0 Å². The molecule has 2 unspecified atom stereocenters. The van der Waals surface area contributed by atoms with Crippen LogP contribution in [0, 0.1) is 0 Å². The molecular weight excluding hydrogens is 194 g/mol. The summed E-state index contributed by atoms with van der Waals surface area (Å²) in [6.45, 7) is 3.29. The Balaban J connectivity index is 2.50. The highest BCUT2D eigenvalue weighted by Gasteiger charge is 2.33. The minimum atomic E-state index is -0.872. The fraction of sp³-hybridized carbons (Fsp3) is 0.900. The fourth-order valence-corrected chi connectivity index (χ4v) is 2.06. The van der Waals surface area contributed by atoms with Crippen molar-refractivity contribution in [2.45, 2.75) is 25.0 Å². The van der Waals surface area contributed by atoms with E-state index in [0.29, 0.717) is 26.1 Å². The molecule has 1 aliphatic rings. The van der Waals surface area contributed by atoms with Crippen LogP contribution in [0.3, 0.4) is 0 Å². The highest BCUT2D eigenvalue weighted by atomic mass is 16.3. The smallest absolute Gasteiger partial charge is 0.239 e. The Morgan fingerprint density at radius 2 is 2.27 bits per heavy atom. The third kappa shape index (κ3) is 3.44. The molecule has 0 radical (unpaired) electrons. The first-order chi connectivity index (χ1) is 6.82. The quantitative estimate of drug-likeness (QED) is 0.622. The van der Waals surface area contributed by atoms with Crippen molar-refractivity contribution in [2.24, 2.45) is 5.73 Å². The largest absolute Gasteiger partial charge is 0.387 e. The minimum absolute atomic E-state index is 0.0472. The first-order valence-electron chi connectivity index (χ1n) is 5.23. The molecule has 5 nitrogen and oxygen atoms in total. The molecule has 0 spiro atoms. The molecule has 0 aromatic rings. The molecule has 0 bridgehead atoms. The second-order valence-electron chi connectivity index (χ2n) is 4.89. The van der Waals surface area contributed by atoms with Crippen LogP contribution >= 0.6 is 0 Å². The highest BCUT2D eigenvalue weighted by Crippen LogP contribution is 2.14. The number of nitrogens with two attached hydrogens (primary N) is 1. The van der Waals surface area contributed by atoms with Crippen LogP contribution in [0.2, 0.25) is 0 Å².